The summed E-state index contributed by atoms with van der Waals surface area (Å²) in [5.74, 6) is 1.77. The van der Waals surface area contributed by atoms with Gasteiger partial charge in [0.05, 0.1) is 44.9 Å². The Bertz CT molecular complexity index is 810. The molecule has 1 aromatic heterocycles. The molecule has 1 unspecified atom stereocenters. The summed E-state index contributed by atoms with van der Waals surface area (Å²) >= 11 is 6.25. The summed E-state index contributed by atoms with van der Waals surface area (Å²) in [5, 5.41) is 7.02. The third-order valence-electron chi connectivity index (χ3n) is 4.82. The first kappa shape index (κ1) is 19.0. The van der Waals surface area contributed by atoms with E-state index in [1.807, 2.05) is 12.1 Å². The molecule has 28 heavy (non-hydrogen) atoms. The van der Waals surface area contributed by atoms with Crippen LogP contribution in [0.5, 0.6) is 5.75 Å². The van der Waals surface area contributed by atoms with Gasteiger partial charge in [-0.1, -0.05) is 11.6 Å². The van der Waals surface area contributed by atoms with E-state index in [-0.39, 0.29) is 6.04 Å². The first-order chi connectivity index (χ1) is 13.7. The molecule has 8 nitrogen and oxygen atoms in total. The summed E-state index contributed by atoms with van der Waals surface area (Å²) in [6.07, 6.45) is 2.52. The van der Waals surface area contributed by atoms with Crippen molar-refractivity contribution in [1.82, 2.24) is 9.97 Å². The monoisotopic (exact) mass is 405 g/mol. The second-order valence-electron chi connectivity index (χ2n) is 6.70. The Hall–Kier alpha value is -2.29. The molecule has 2 N–H and O–H groups in total. The van der Waals surface area contributed by atoms with Gasteiger partial charge in [0.1, 0.15) is 10.8 Å². The van der Waals surface area contributed by atoms with Crippen LogP contribution >= 0.6 is 11.6 Å². The summed E-state index contributed by atoms with van der Waals surface area (Å²) in [5.41, 5.74) is 1.89. The van der Waals surface area contributed by atoms with Crippen LogP contribution in [0.1, 0.15) is 6.42 Å². The molecule has 0 radical (unpaired) electrons. The smallest absolute Gasteiger partial charge is 0.229 e. The van der Waals surface area contributed by atoms with E-state index in [1.54, 1.807) is 13.3 Å². The Morgan fingerprint density at radius 2 is 2.07 bits per heavy atom. The lowest BCUT2D eigenvalue weighted by Gasteiger charge is -2.29. The number of methoxy groups -OCH3 is 1. The van der Waals surface area contributed by atoms with Crippen molar-refractivity contribution in [2.45, 2.75) is 12.5 Å². The Morgan fingerprint density at radius 3 is 2.82 bits per heavy atom. The van der Waals surface area contributed by atoms with Gasteiger partial charge in [0, 0.05) is 31.5 Å². The molecule has 2 aliphatic heterocycles. The highest BCUT2D eigenvalue weighted by Crippen LogP contribution is 2.32. The van der Waals surface area contributed by atoms with Crippen LogP contribution in [0.4, 0.5) is 23.1 Å². The van der Waals surface area contributed by atoms with Crippen molar-refractivity contribution in [3.63, 3.8) is 0 Å². The Balaban J connectivity index is 1.51. The van der Waals surface area contributed by atoms with Gasteiger partial charge in [0.25, 0.3) is 0 Å². The highest BCUT2D eigenvalue weighted by molar-refractivity contribution is 6.32. The van der Waals surface area contributed by atoms with Crippen LogP contribution in [0.15, 0.2) is 24.4 Å². The van der Waals surface area contributed by atoms with E-state index < -0.39 is 0 Å². The lowest BCUT2D eigenvalue weighted by molar-refractivity contribution is 0.122. The zero-order valence-electron chi connectivity index (χ0n) is 15.8. The van der Waals surface area contributed by atoms with Crippen LogP contribution in [-0.4, -0.2) is 62.6 Å². The first-order valence-electron chi connectivity index (χ1n) is 9.37. The normalized spacial score (nSPS) is 19.5. The molecule has 3 heterocycles. The van der Waals surface area contributed by atoms with Crippen molar-refractivity contribution in [2.75, 3.05) is 62.2 Å². The van der Waals surface area contributed by atoms with Crippen molar-refractivity contribution < 1.29 is 14.2 Å². The number of hydrogen-bond donors (Lipinski definition) is 2. The molecule has 0 spiro atoms. The van der Waals surface area contributed by atoms with Crippen LogP contribution in [-0.2, 0) is 9.47 Å². The van der Waals surface area contributed by atoms with E-state index >= 15 is 0 Å². The highest BCUT2D eigenvalue weighted by atomic mass is 35.5. The lowest BCUT2D eigenvalue weighted by Crippen LogP contribution is -2.36. The van der Waals surface area contributed by atoms with Gasteiger partial charge < -0.3 is 29.7 Å². The number of ether oxygens (including phenoxy) is 3. The number of rotatable bonds is 6. The molecule has 0 amide bonds. The summed E-state index contributed by atoms with van der Waals surface area (Å²) in [4.78, 5) is 11.1. The van der Waals surface area contributed by atoms with Crippen LogP contribution in [0.2, 0.25) is 5.02 Å². The van der Waals surface area contributed by atoms with Crippen LogP contribution < -0.4 is 20.3 Å². The molecular weight excluding hydrogens is 382 g/mol. The fraction of sp³-hybridized carbons (Fsp3) is 0.474. The number of hydrogen-bond acceptors (Lipinski definition) is 8. The molecule has 1 aromatic carbocycles. The van der Waals surface area contributed by atoms with Gasteiger partial charge in [0.2, 0.25) is 5.95 Å². The molecule has 0 aliphatic carbocycles. The fourth-order valence-corrected chi connectivity index (χ4v) is 3.44. The molecule has 1 atom stereocenters. The zero-order valence-corrected chi connectivity index (χ0v) is 16.5. The first-order valence-corrected chi connectivity index (χ1v) is 9.75. The quantitative estimate of drug-likeness (QED) is 0.759. The predicted octanol–water partition coefficient (Wildman–Crippen LogP) is 2.92. The van der Waals surface area contributed by atoms with E-state index in [0.717, 1.165) is 56.5 Å². The van der Waals surface area contributed by atoms with Gasteiger partial charge in [-0.25, -0.2) is 4.98 Å². The zero-order chi connectivity index (χ0) is 19.3. The van der Waals surface area contributed by atoms with Crippen molar-refractivity contribution in [2.24, 2.45) is 0 Å². The Kier molecular flexibility index (Phi) is 5.99. The molecule has 2 aromatic rings. The fourth-order valence-electron chi connectivity index (χ4n) is 3.29. The van der Waals surface area contributed by atoms with E-state index in [2.05, 4.69) is 31.6 Å². The molecular formula is C19H24ClN5O3. The molecule has 2 saturated heterocycles. The van der Waals surface area contributed by atoms with Crippen molar-refractivity contribution >= 4 is 34.7 Å². The number of aromatic nitrogens is 2. The number of morpholine rings is 1. The van der Waals surface area contributed by atoms with Crippen molar-refractivity contribution in [1.29, 1.82) is 0 Å². The molecule has 4 rings (SSSR count). The van der Waals surface area contributed by atoms with Gasteiger partial charge in [-0.15, -0.1) is 0 Å². The highest BCUT2D eigenvalue weighted by Gasteiger charge is 2.18. The lowest BCUT2D eigenvalue weighted by atomic mass is 10.2. The Morgan fingerprint density at radius 1 is 1.21 bits per heavy atom. The van der Waals surface area contributed by atoms with Gasteiger partial charge in [-0.2, -0.15) is 4.98 Å². The summed E-state index contributed by atoms with van der Waals surface area (Å²) in [6.45, 7) is 4.62. The van der Waals surface area contributed by atoms with Crippen molar-refractivity contribution in [3.05, 3.63) is 29.4 Å². The predicted molar refractivity (Wildman–Crippen MR) is 109 cm³/mol. The Labute approximate surface area is 169 Å². The topological polar surface area (TPSA) is 80.8 Å². The minimum Gasteiger partial charge on any atom is -0.494 e. The maximum Gasteiger partial charge on any atom is 0.229 e. The number of benzene rings is 1. The van der Waals surface area contributed by atoms with Gasteiger partial charge in [-0.3, -0.25) is 0 Å². The number of nitrogens with one attached hydrogen (secondary N) is 2. The van der Waals surface area contributed by atoms with E-state index in [0.29, 0.717) is 23.4 Å². The van der Waals surface area contributed by atoms with Gasteiger partial charge >= 0.3 is 0 Å². The third-order valence-corrected chi connectivity index (χ3v) is 5.10. The SMILES string of the molecule is COc1cc(N2CCOCC2)ccc1Nc1ncc(Cl)c(NC2CCOC2)n1. The number of halogens is 1. The van der Waals surface area contributed by atoms with E-state index in [4.69, 9.17) is 25.8 Å². The molecule has 0 bridgehead atoms. The van der Waals surface area contributed by atoms with E-state index in [1.165, 1.54) is 0 Å². The largest absolute Gasteiger partial charge is 0.494 e. The summed E-state index contributed by atoms with van der Waals surface area (Å²) in [6, 6.07) is 6.25. The second-order valence-corrected chi connectivity index (χ2v) is 7.11. The molecule has 0 saturated carbocycles. The summed E-state index contributed by atoms with van der Waals surface area (Å²) in [7, 11) is 1.65. The van der Waals surface area contributed by atoms with E-state index in [9.17, 15) is 0 Å². The number of anilines is 4. The van der Waals surface area contributed by atoms with Crippen LogP contribution in [0.3, 0.4) is 0 Å². The molecule has 2 fully saturated rings. The molecule has 150 valence electrons. The van der Waals surface area contributed by atoms with Crippen molar-refractivity contribution in [3.8, 4) is 5.75 Å². The maximum atomic E-state index is 6.25. The van der Waals surface area contributed by atoms with Gasteiger partial charge in [0.15, 0.2) is 5.82 Å². The number of nitrogens with zero attached hydrogens (tertiary/aromatic N) is 3. The van der Waals surface area contributed by atoms with Gasteiger partial charge in [-0.05, 0) is 18.6 Å². The average Bonchev–Trinajstić information content (AvgIpc) is 3.24. The standard InChI is InChI=1S/C19H24ClN5O3/c1-26-17-10-14(25-5-8-27-9-6-25)2-3-16(17)23-19-21-11-15(20)18(24-19)22-13-4-7-28-12-13/h2-3,10-11,13H,4-9,12H2,1H3,(H2,21,22,23,24). The molecule has 2 aliphatic rings. The minimum absolute atomic E-state index is 0.211. The molecule has 9 heteroatoms. The van der Waals surface area contributed by atoms with Crippen LogP contribution in [0.25, 0.3) is 0 Å². The maximum absolute atomic E-state index is 6.25. The second kappa shape index (κ2) is 8.81. The average molecular weight is 406 g/mol. The van der Waals surface area contributed by atoms with Crippen LogP contribution in [0, 0.1) is 0 Å². The summed E-state index contributed by atoms with van der Waals surface area (Å²) < 4.78 is 16.4. The minimum atomic E-state index is 0.211. The third kappa shape index (κ3) is 4.40.